The molecule has 1 aromatic heterocycles. The lowest BCUT2D eigenvalue weighted by Gasteiger charge is -2.34. The fourth-order valence-electron chi connectivity index (χ4n) is 5.03. The van der Waals surface area contributed by atoms with Gasteiger partial charge < -0.3 is 14.4 Å². The Morgan fingerprint density at radius 3 is 2.40 bits per heavy atom. The maximum Gasteiger partial charge on any atom is 0.573 e. The predicted octanol–water partition coefficient (Wildman–Crippen LogP) is 1.90. The molecule has 3 heterocycles. The summed E-state index contributed by atoms with van der Waals surface area (Å²) in [5.74, 6) is -1.88. The summed E-state index contributed by atoms with van der Waals surface area (Å²) in [4.78, 5) is 38.2. The number of benzene rings is 2. The summed E-state index contributed by atoms with van der Waals surface area (Å²) in [6, 6.07) is 9.08. The van der Waals surface area contributed by atoms with Crippen LogP contribution < -0.4 is 14.8 Å². The SMILES string of the molecule is Cn1nc(C2CCC(=O)NC2=O)c2cccc(OCC(=O)N3CCN(S(=O)(=O)c4ccc(OC(F)(F)F)cc4)CC3)c21. The monoisotopic (exact) mass is 609 g/mol. The summed E-state index contributed by atoms with van der Waals surface area (Å²) in [5, 5.41) is 7.49. The molecule has 2 aliphatic rings. The number of rotatable bonds is 7. The molecule has 1 atom stereocenters. The van der Waals surface area contributed by atoms with Crippen LogP contribution in [-0.4, -0.2) is 84.3 Å². The predicted molar refractivity (Wildman–Crippen MR) is 140 cm³/mol. The molecule has 16 heteroatoms. The van der Waals surface area contributed by atoms with Crippen LogP contribution in [0.25, 0.3) is 10.9 Å². The van der Waals surface area contributed by atoms with Crippen molar-refractivity contribution in [3.63, 3.8) is 0 Å². The number of aromatic nitrogens is 2. The smallest absolute Gasteiger partial charge is 0.481 e. The summed E-state index contributed by atoms with van der Waals surface area (Å²) in [6.45, 7) is -0.174. The van der Waals surface area contributed by atoms with E-state index in [1.54, 1.807) is 29.9 Å². The molecule has 2 aromatic carbocycles. The van der Waals surface area contributed by atoms with E-state index in [9.17, 15) is 36.0 Å². The van der Waals surface area contributed by atoms with Gasteiger partial charge in [-0.25, -0.2) is 8.42 Å². The van der Waals surface area contributed by atoms with Gasteiger partial charge in [0.05, 0.1) is 16.5 Å². The van der Waals surface area contributed by atoms with E-state index in [2.05, 4.69) is 15.2 Å². The van der Waals surface area contributed by atoms with Crippen LogP contribution in [0.3, 0.4) is 0 Å². The second-order valence-electron chi connectivity index (χ2n) is 9.76. The third-order valence-electron chi connectivity index (χ3n) is 7.06. The zero-order valence-corrected chi connectivity index (χ0v) is 23.1. The zero-order valence-electron chi connectivity index (χ0n) is 22.3. The highest BCUT2D eigenvalue weighted by Gasteiger charge is 2.34. The number of nitrogens with one attached hydrogen (secondary N) is 1. The van der Waals surface area contributed by atoms with Crippen LogP contribution in [0.5, 0.6) is 11.5 Å². The topological polar surface area (TPSA) is 140 Å². The lowest BCUT2D eigenvalue weighted by molar-refractivity contribution is -0.274. The lowest BCUT2D eigenvalue weighted by atomic mass is 9.93. The van der Waals surface area contributed by atoms with E-state index >= 15 is 0 Å². The lowest BCUT2D eigenvalue weighted by Crippen LogP contribution is -2.51. The molecule has 3 aromatic rings. The molecule has 0 spiro atoms. The highest BCUT2D eigenvalue weighted by Crippen LogP contribution is 2.34. The molecule has 1 unspecified atom stereocenters. The van der Waals surface area contributed by atoms with Crippen LogP contribution in [0.15, 0.2) is 47.4 Å². The molecule has 0 bridgehead atoms. The van der Waals surface area contributed by atoms with Crippen molar-refractivity contribution in [2.45, 2.75) is 30.0 Å². The van der Waals surface area contributed by atoms with E-state index in [1.807, 2.05) is 0 Å². The number of hydrogen-bond acceptors (Lipinski definition) is 8. The number of piperazine rings is 1. The molecule has 0 radical (unpaired) electrons. The number of nitrogens with zero attached hydrogens (tertiary/aromatic N) is 4. The van der Waals surface area contributed by atoms with E-state index in [0.29, 0.717) is 28.8 Å². The van der Waals surface area contributed by atoms with Gasteiger partial charge in [0.15, 0.2) is 6.61 Å². The fraction of sp³-hybridized carbons (Fsp3) is 0.385. The van der Waals surface area contributed by atoms with Crippen molar-refractivity contribution in [1.29, 1.82) is 0 Å². The number of ether oxygens (including phenoxy) is 2. The summed E-state index contributed by atoms with van der Waals surface area (Å²) in [6.07, 6.45) is -4.35. The molecule has 5 rings (SSSR count). The quantitative estimate of drug-likeness (QED) is 0.401. The van der Waals surface area contributed by atoms with Crippen molar-refractivity contribution >= 4 is 38.6 Å². The Bertz CT molecular complexity index is 1630. The number of sulfonamides is 1. The number of piperidine rings is 1. The Morgan fingerprint density at radius 1 is 1.07 bits per heavy atom. The fourth-order valence-corrected chi connectivity index (χ4v) is 6.45. The van der Waals surface area contributed by atoms with Gasteiger partial charge in [0.1, 0.15) is 17.0 Å². The number of imide groups is 1. The van der Waals surface area contributed by atoms with E-state index in [4.69, 9.17) is 4.74 Å². The highest BCUT2D eigenvalue weighted by molar-refractivity contribution is 7.89. The molecule has 2 fully saturated rings. The van der Waals surface area contributed by atoms with Gasteiger partial charge >= 0.3 is 6.36 Å². The van der Waals surface area contributed by atoms with Gasteiger partial charge in [-0.05, 0) is 36.8 Å². The molecule has 1 N–H and O–H groups in total. The minimum absolute atomic E-state index is 0.0124. The number of carbonyl (C=O) groups is 3. The summed E-state index contributed by atoms with van der Waals surface area (Å²) < 4.78 is 75.4. The first-order valence-electron chi connectivity index (χ1n) is 12.9. The third-order valence-corrected chi connectivity index (χ3v) is 8.98. The summed E-state index contributed by atoms with van der Waals surface area (Å²) in [5.41, 5.74) is 1.08. The van der Waals surface area contributed by atoms with Crippen LogP contribution in [0.1, 0.15) is 24.5 Å². The molecule has 224 valence electrons. The van der Waals surface area contributed by atoms with E-state index < -0.39 is 34.0 Å². The minimum Gasteiger partial charge on any atom is -0.481 e. The maximum absolute atomic E-state index is 13.0. The van der Waals surface area contributed by atoms with Crippen molar-refractivity contribution < 1.29 is 45.4 Å². The van der Waals surface area contributed by atoms with E-state index in [0.717, 1.165) is 28.6 Å². The second kappa shape index (κ2) is 11.2. The Hall–Kier alpha value is -4.18. The first kappa shape index (κ1) is 29.3. The Balaban J connectivity index is 1.20. The van der Waals surface area contributed by atoms with Crippen LogP contribution in [0.2, 0.25) is 0 Å². The van der Waals surface area contributed by atoms with Gasteiger partial charge in [0, 0.05) is 45.0 Å². The molecular formula is C26H26F3N5O7S. The minimum atomic E-state index is -4.89. The number of para-hydroxylation sites is 1. The largest absolute Gasteiger partial charge is 0.573 e. The Morgan fingerprint density at radius 2 is 1.76 bits per heavy atom. The molecular weight excluding hydrogens is 583 g/mol. The molecule has 12 nitrogen and oxygen atoms in total. The molecule has 2 saturated heterocycles. The van der Waals surface area contributed by atoms with Gasteiger partial charge in [-0.15, -0.1) is 13.2 Å². The van der Waals surface area contributed by atoms with E-state index in [1.165, 1.54) is 4.90 Å². The Kier molecular flexibility index (Phi) is 7.85. The van der Waals surface area contributed by atoms with Crippen LogP contribution >= 0.6 is 0 Å². The molecule has 2 aliphatic heterocycles. The van der Waals surface area contributed by atoms with Crippen LogP contribution in [-0.2, 0) is 31.5 Å². The van der Waals surface area contributed by atoms with Gasteiger partial charge in [-0.1, -0.05) is 12.1 Å². The number of aryl methyl sites for hydroxylation is 1. The average molecular weight is 610 g/mol. The second-order valence-corrected chi connectivity index (χ2v) is 11.7. The van der Waals surface area contributed by atoms with Crippen molar-refractivity contribution in [1.82, 2.24) is 24.3 Å². The molecule has 42 heavy (non-hydrogen) atoms. The number of amides is 3. The number of halogens is 3. The van der Waals surface area contributed by atoms with E-state index in [-0.39, 0.29) is 55.9 Å². The zero-order chi connectivity index (χ0) is 30.2. The van der Waals surface area contributed by atoms with Gasteiger partial charge in [0.2, 0.25) is 21.8 Å². The van der Waals surface area contributed by atoms with Crippen molar-refractivity contribution in [2.75, 3.05) is 32.8 Å². The Labute approximate surface area is 238 Å². The maximum atomic E-state index is 13.0. The number of alkyl halides is 3. The first-order valence-corrected chi connectivity index (χ1v) is 14.3. The molecule has 0 saturated carbocycles. The van der Waals surface area contributed by atoms with Crippen molar-refractivity contribution in [3.8, 4) is 11.5 Å². The number of fused-ring (bicyclic) bond motifs is 1. The van der Waals surface area contributed by atoms with Crippen LogP contribution in [0.4, 0.5) is 13.2 Å². The first-order chi connectivity index (χ1) is 19.8. The summed E-state index contributed by atoms with van der Waals surface area (Å²) in [7, 11) is -2.32. The molecule has 3 amide bonds. The average Bonchev–Trinajstić information content (AvgIpc) is 3.27. The highest BCUT2D eigenvalue weighted by atomic mass is 32.2. The van der Waals surface area contributed by atoms with Gasteiger partial charge in [-0.2, -0.15) is 9.40 Å². The molecule has 0 aliphatic carbocycles. The van der Waals surface area contributed by atoms with Gasteiger partial charge in [-0.3, -0.25) is 24.4 Å². The normalized spacial score (nSPS) is 18.7. The van der Waals surface area contributed by atoms with Gasteiger partial charge in [0.25, 0.3) is 5.91 Å². The van der Waals surface area contributed by atoms with Crippen molar-refractivity contribution in [2.24, 2.45) is 7.05 Å². The summed E-state index contributed by atoms with van der Waals surface area (Å²) >= 11 is 0. The standard InChI is InChI=1S/C26H26F3N5O7S/c1-32-24-18(23(31-32)19-9-10-21(35)30-25(19)37)3-2-4-20(24)40-15-22(36)33-11-13-34(14-12-33)42(38,39)17-7-5-16(6-8-17)41-26(27,28)29/h2-8,19H,9-15H2,1H3,(H,30,35,37). The number of carbonyl (C=O) groups excluding carboxylic acids is 3. The number of hydrogen-bond donors (Lipinski definition) is 1. The van der Waals surface area contributed by atoms with Crippen LogP contribution in [0, 0.1) is 0 Å². The third kappa shape index (κ3) is 6.04. The van der Waals surface area contributed by atoms with Crippen molar-refractivity contribution in [3.05, 3.63) is 48.2 Å².